The molecule has 3 aromatic rings. The fraction of sp³-hybridized carbons (Fsp3) is 0.333. The van der Waals surface area contributed by atoms with Crippen LogP contribution in [0.4, 0.5) is 5.82 Å². The predicted octanol–water partition coefficient (Wildman–Crippen LogP) is 2.75. The topological polar surface area (TPSA) is 66.4 Å². The highest BCUT2D eigenvalue weighted by Gasteiger charge is 2.19. The van der Waals surface area contributed by atoms with Crippen molar-refractivity contribution >= 4 is 26.6 Å². The van der Waals surface area contributed by atoms with Gasteiger partial charge in [-0.05, 0) is 30.2 Å². The van der Waals surface area contributed by atoms with Crippen molar-refractivity contribution in [2.75, 3.05) is 37.3 Å². The van der Waals surface area contributed by atoms with Crippen molar-refractivity contribution in [3.63, 3.8) is 0 Å². The van der Waals surface area contributed by atoms with Gasteiger partial charge in [0.2, 0.25) is 0 Å². The van der Waals surface area contributed by atoms with Gasteiger partial charge < -0.3 is 4.90 Å². The maximum Gasteiger partial charge on any atom is 0.175 e. The van der Waals surface area contributed by atoms with Crippen LogP contribution in [-0.2, 0) is 16.4 Å². The number of nitrogens with zero attached hydrogens (tertiary/aromatic N) is 4. The molecular formula is C21H24N4O2S. The molecule has 2 heterocycles. The van der Waals surface area contributed by atoms with Gasteiger partial charge in [0.05, 0.1) is 10.4 Å². The summed E-state index contributed by atoms with van der Waals surface area (Å²) in [5, 5.41) is 0.793. The molecule has 0 spiro atoms. The molecule has 0 amide bonds. The zero-order valence-electron chi connectivity index (χ0n) is 16.0. The van der Waals surface area contributed by atoms with Crippen molar-refractivity contribution in [2.24, 2.45) is 0 Å². The molecule has 4 rings (SSSR count). The Morgan fingerprint density at radius 2 is 1.79 bits per heavy atom. The zero-order chi connectivity index (χ0) is 19.6. The van der Waals surface area contributed by atoms with E-state index in [0.29, 0.717) is 4.90 Å². The van der Waals surface area contributed by atoms with Crippen LogP contribution in [-0.4, -0.2) is 55.7 Å². The zero-order valence-corrected chi connectivity index (χ0v) is 16.8. The molecule has 1 fully saturated rings. The second kappa shape index (κ2) is 7.85. The fourth-order valence-corrected chi connectivity index (χ4v) is 4.33. The smallest absolute Gasteiger partial charge is 0.175 e. The SMILES string of the molecule is CS(=O)(=O)c1ccc2ncnc(N3CCCN(Cc4ccccc4)CC3)c2c1. The van der Waals surface area contributed by atoms with E-state index in [2.05, 4.69) is 44.0 Å². The first-order valence-corrected chi connectivity index (χ1v) is 11.4. The third-order valence-electron chi connectivity index (χ3n) is 5.15. The Morgan fingerprint density at radius 3 is 2.57 bits per heavy atom. The van der Waals surface area contributed by atoms with Crippen LogP contribution in [0.15, 0.2) is 59.8 Å². The van der Waals surface area contributed by atoms with Crippen LogP contribution in [0.2, 0.25) is 0 Å². The predicted molar refractivity (Wildman–Crippen MR) is 111 cm³/mol. The first-order valence-electron chi connectivity index (χ1n) is 9.47. The quantitative estimate of drug-likeness (QED) is 0.676. The summed E-state index contributed by atoms with van der Waals surface area (Å²) >= 11 is 0. The average molecular weight is 397 g/mol. The number of anilines is 1. The van der Waals surface area contributed by atoms with Crippen LogP contribution in [0.25, 0.3) is 10.9 Å². The van der Waals surface area contributed by atoms with Crippen molar-refractivity contribution in [1.29, 1.82) is 0 Å². The Kier molecular flexibility index (Phi) is 5.28. The van der Waals surface area contributed by atoms with E-state index in [1.807, 2.05) is 6.07 Å². The number of sulfone groups is 1. The molecule has 1 aliphatic heterocycles. The summed E-state index contributed by atoms with van der Waals surface area (Å²) in [5.74, 6) is 0.817. The molecule has 0 atom stereocenters. The maximum absolute atomic E-state index is 12.0. The summed E-state index contributed by atoms with van der Waals surface area (Å²) < 4.78 is 23.9. The monoisotopic (exact) mass is 396 g/mol. The van der Waals surface area contributed by atoms with Crippen LogP contribution in [0, 0.1) is 0 Å². The molecule has 0 unspecified atom stereocenters. The molecule has 0 radical (unpaired) electrons. The van der Waals surface area contributed by atoms with Crippen LogP contribution >= 0.6 is 0 Å². The molecular weight excluding hydrogens is 372 g/mol. The summed E-state index contributed by atoms with van der Waals surface area (Å²) in [6.07, 6.45) is 3.82. The largest absolute Gasteiger partial charge is 0.355 e. The first-order chi connectivity index (χ1) is 13.5. The minimum absolute atomic E-state index is 0.302. The number of rotatable bonds is 4. The number of fused-ring (bicyclic) bond motifs is 1. The molecule has 1 aliphatic rings. The molecule has 0 N–H and O–H groups in total. The van der Waals surface area contributed by atoms with E-state index in [-0.39, 0.29) is 0 Å². The van der Waals surface area contributed by atoms with E-state index in [0.717, 1.165) is 55.9 Å². The van der Waals surface area contributed by atoms with Gasteiger partial charge in [0.1, 0.15) is 12.1 Å². The van der Waals surface area contributed by atoms with Crippen molar-refractivity contribution < 1.29 is 8.42 Å². The normalized spacial score (nSPS) is 16.2. The lowest BCUT2D eigenvalue weighted by atomic mass is 10.2. The minimum Gasteiger partial charge on any atom is -0.355 e. The second-order valence-corrected chi connectivity index (χ2v) is 9.27. The Labute approximate surface area is 165 Å². The molecule has 0 bridgehead atoms. The summed E-state index contributed by atoms with van der Waals surface area (Å²) in [4.78, 5) is 13.8. The highest BCUT2D eigenvalue weighted by molar-refractivity contribution is 7.90. The van der Waals surface area contributed by atoms with E-state index in [9.17, 15) is 8.42 Å². The van der Waals surface area contributed by atoms with Crippen molar-refractivity contribution in [3.05, 3.63) is 60.4 Å². The van der Waals surface area contributed by atoms with Crippen molar-refractivity contribution in [3.8, 4) is 0 Å². The first kappa shape index (κ1) is 18.8. The van der Waals surface area contributed by atoms with Crippen molar-refractivity contribution in [1.82, 2.24) is 14.9 Å². The second-order valence-electron chi connectivity index (χ2n) is 7.25. The molecule has 0 aliphatic carbocycles. The van der Waals surface area contributed by atoms with E-state index in [1.54, 1.807) is 24.5 Å². The third-order valence-corrected chi connectivity index (χ3v) is 6.26. The number of benzene rings is 2. The lowest BCUT2D eigenvalue weighted by Gasteiger charge is -2.24. The van der Waals surface area contributed by atoms with Gasteiger partial charge in [-0.2, -0.15) is 0 Å². The molecule has 0 saturated carbocycles. The van der Waals surface area contributed by atoms with Gasteiger partial charge in [0, 0.05) is 44.4 Å². The van der Waals surface area contributed by atoms with Crippen LogP contribution in [0.3, 0.4) is 0 Å². The van der Waals surface area contributed by atoms with E-state index in [4.69, 9.17) is 0 Å². The molecule has 146 valence electrons. The van der Waals surface area contributed by atoms with Gasteiger partial charge in [-0.3, -0.25) is 4.90 Å². The highest BCUT2D eigenvalue weighted by atomic mass is 32.2. The summed E-state index contributed by atoms with van der Waals surface area (Å²) in [6.45, 7) is 4.65. The lowest BCUT2D eigenvalue weighted by molar-refractivity contribution is 0.285. The van der Waals surface area contributed by atoms with Crippen LogP contribution in [0.5, 0.6) is 0 Å². The molecule has 28 heavy (non-hydrogen) atoms. The van der Waals surface area contributed by atoms with Gasteiger partial charge in [-0.25, -0.2) is 18.4 Å². The van der Waals surface area contributed by atoms with Crippen LogP contribution in [0.1, 0.15) is 12.0 Å². The van der Waals surface area contributed by atoms with E-state index >= 15 is 0 Å². The Bertz CT molecular complexity index is 1070. The molecule has 7 heteroatoms. The van der Waals surface area contributed by atoms with Gasteiger partial charge in [-0.15, -0.1) is 0 Å². The number of aromatic nitrogens is 2. The van der Waals surface area contributed by atoms with Gasteiger partial charge in [0.15, 0.2) is 9.84 Å². The van der Waals surface area contributed by atoms with Gasteiger partial charge >= 0.3 is 0 Å². The Morgan fingerprint density at radius 1 is 0.964 bits per heavy atom. The highest BCUT2D eigenvalue weighted by Crippen LogP contribution is 2.26. The van der Waals surface area contributed by atoms with E-state index < -0.39 is 9.84 Å². The molecule has 1 saturated heterocycles. The number of hydrogen-bond donors (Lipinski definition) is 0. The minimum atomic E-state index is -3.27. The standard InChI is InChI=1S/C21H24N4O2S/c1-28(26,27)18-8-9-20-19(14-18)21(23-16-22-20)25-11-5-10-24(12-13-25)15-17-6-3-2-4-7-17/h2-4,6-9,14,16H,5,10-13,15H2,1H3. The van der Waals surface area contributed by atoms with Gasteiger partial charge in [0.25, 0.3) is 0 Å². The van der Waals surface area contributed by atoms with Crippen LogP contribution < -0.4 is 4.90 Å². The molecule has 6 nitrogen and oxygen atoms in total. The fourth-order valence-electron chi connectivity index (χ4n) is 3.69. The Hall–Kier alpha value is -2.51. The van der Waals surface area contributed by atoms with E-state index in [1.165, 1.54) is 11.8 Å². The lowest BCUT2D eigenvalue weighted by Crippen LogP contribution is -2.31. The summed E-state index contributed by atoms with van der Waals surface area (Å²) in [7, 11) is -3.27. The van der Waals surface area contributed by atoms with Crippen molar-refractivity contribution in [2.45, 2.75) is 17.9 Å². The summed E-state index contributed by atoms with van der Waals surface area (Å²) in [5.41, 5.74) is 2.09. The third kappa shape index (κ3) is 4.15. The average Bonchev–Trinajstić information content (AvgIpc) is 2.93. The maximum atomic E-state index is 12.0. The van der Waals surface area contributed by atoms with Gasteiger partial charge in [-0.1, -0.05) is 30.3 Å². The molecule has 2 aromatic carbocycles. The Balaban J connectivity index is 1.58. The molecule has 1 aromatic heterocycles. The summed E-state index contributed by atoms with van der Waals surface area (Å²) in [6, 6.07) is 15.6. The number of hydrogen-bond acceptors (Lipinski definition) is 6.